The number of rotatable bonds is 6. The summed E-state index contributed by atoms with van der Waals surface area (Å²) in [4.78, 5) is 14.3. The first-order valence-corrected chi connectivity index (χ1v) is 7.86. The molecule has 0 radical (unpaired) electrons. The van der Waals surface area contributed by atoms with Gasteiger partial charge in [0.15, 0.2) is 0 Å². The van der Waals surface area contributed by atoms with Crippen molar-refractivity contribution in [3.8, 4) is 0 Å². The van der Waals surface area contributed by atoms with Crippen molar-refractivity contribution in [1.29, 1.82) is 0 Å². The molecule has 2 atom stereocenters. The van der Waals surface area contributed by atoms with Gasteiger partial charge in [0.05, 0.1) is 0 Å². The minimum absolute atomic E-state index is 0.0511. The highest BCUT2D eigenvalue weighted by molar-refractivity contribution is 6.03. The van der Waals surface area contributed by atoms with Gasteiger partial charge in [-0.25, -0.2) is 0 Å². The number of hydrogen-bond acceptors (Lipinski definition) is 3. The Labute approximate surface area is 127 Å². The molecular formula is C17H27N3O. The molecule has 1 aliphatic heterocycles. The van der Waals surface area contributed by atoms with Gasteiger partial charge in [-0.1, -0.05) is 26.8 Å². The minimum Gasteiger partial charge on any atom is -0.372 e. The minimum atomic E-state index is -0.207. The molecule has 0 aliphatic carbocycles. The van der Waals surface area contributed by atoms with Crippen LogP contribution in [-0.2, 0) is 4.79 Å². The van der Waals surface area contributed by atoms with E-state index in [1.165, 1.54) is 0 Å². The summed E-state index contributed by atoms with van der Waals surface area (Å²) in [6.07, 6.45) is 1.02. The number of hydrogen-bond donors (Lipinski definition) is 2. The van der Waals surface area contributed by atoms with Crippen LogP contribution in [0.2, 0.25) is 0 Å². The Morgan fingerprint density at radius 1 is 1.33 bits per heavy atom. The second kappa shape index (κ2) is 6.48. The van der Waals surface area contributed by atoms with Crippen LogP contribution >= 0.6 is 0 Å². The van der Waals surface area contributed by atoms with Gasteiger partial charge < -0.3 is 15.5 Å². The predicted molar refractivity (Wildman–Crippen MR) is 88.8 cm³/mol. The molecule has 1 amide bonds. The normalized spacial score (nSPS) is 18.6. The molecule has 4 nitrogen and oxygen atoms in total. The van der Waals surface area contributed by atoms with Crippen molar-refractivity contribution in [2.75, 3.05) is 23.8 Å². The van der Waals surface area contributed by atoms with Crippen LogP contribution in [0, 0.1) is 5.92 Å². The molecule has 0 bridgehead atoms. The molecule has 2 rings (SSSR count). The molecule has 21 heavy (non-hydrogen) atoms. The van der Waals surface area contributed by atoms with E-state index in [0.717, 1.165) is 29.9 Å². The van der Waals surface area contributed by atoms with Gasteiger partial charge in [-0.2, -0.15) is 0 Å². The number of amides is 1. The van der Waals surface area contributed by atoms with Gasteiger partial charge in [0.1, 0.15) is 6.04 Å². The van der Waals surface area contributed by atoms with Crippen molar-refractivity contribution < 1.29 is 4.79 Å². The number of carbonyl (C=O) groups excluding carboxylic acids is 1. The lowest BCUT2D eigenvalue weighted by Crippen LogP contribution is -2.33. The van der Waals surface area contributed by atoms with Gasteiger partial charge in [0.2, 0.25) is 5.91 Å². The van der Waals surface area contributed by atoms with Gasteiger partial charge >= 0.3 is 0 Å². The first-order chi connectivity index (χ1) is 9.95. The fraction of sp³-hybridized carbons (Fsp3) is 0.588. The van der Waals surface area contributed by atoms with E-state index < -0.39 is 0 Å². The smallest absolute Gasteiger partial charge is 0.246 e. The lowest BCUT2D eigenvalue weighted by Gasteiger charge is -2.30. The molecule has 2 N–H and O–H groups in total. The van der Waals surface area contributed by atoms with E-state index in [1.54, 1.807) is 0 Å². The highest BCUT2D eigenvalue weighted by atomic mass is 16.2. The Morgan fingerprint density at radius 3 is 2.67 bits per heavy atom. The summed E-state index contributed by atoms with van der Waals surface area (Å²) >= 11 is 0. The number of benzene rings is 1. The summed E-state index contributed by atoms with van der Waals surface area (Å²) in [5.41, 5.74) is 3.14. The second-order valence-electron chi connectivity index (χ2n) is 6.24. The Morgan fingerprint density at radius 2 is 2.05 bits per heavy atom. The van der Waals surface area contributed by atoms with Crippen molar-refractivity contribution in [2.45, 2.75) is 46.2 Å². The Hall–Kier alpha value is -1.55. The second-order valence-corrected chi connectivity index (χ2v) is 6.24. The molecule has 1 heterocycles. The fourth-order valence-electron chi connectivity index (χ4n) is 2.64. The largest absolute Gasteiger partial charge is 0.372 e. The SMILES string of the molecule is CCCNC1C(=O)Nc2cc(N(C)C(C)C(C)C)ccc21. The van der Waals surface area contributed by atoms with E-state index >= 15 is 0 Å². The van der Waals surface area contributed by atoms with E-state index in [-0.39, 0.29) is 11.9 Å². The number of nitrogens with one attached hydrogen (secondary N) is 2. The van der Waals surface area contributed by atoms with E-state index in [4.69, 9.17) is 0 Å². The Bertz CT molecular complexity index is 513. The van der Waals surface area contributed by atoms with Crippen LogP contribution < -0.4 is 15.5 Å². The van der Waals surface area contributed by atoms with Gasteiger partial charge in [0, 0.05) is 30.0 Å². The van der Waals surface area contributed by atoms with Crippen LogP contribution in [0.25, 0.3) is 0 Å². The lowest BCUT2D eigenvalue weighted by molar-refractivity contribution is -0.117. The van der Waals surface area contributed by atoms with Gasteiger partial charge in [-0.3, -0.25) is 4.79 Å². The van der Waals surface area contributed by atoms with Crippen molar-refractivity contribution in [2.24, 2.45) is 5.92 Å². The summed E-state index contributed by atoms with van der Waals surface area (Å²) in [6.45, 7) is 9.62. The first kappa shape index (κ1) is 15.8. The highest BCUT2D eigenvalue weighted by Gasteiger charge is 2.30. The van der Waals surface area contributed by atoms with Crippen LogP contribution in [0.15, 0.2) is 18.2 Å². The standard InChI is InChI=1S/C17H27N3O/c1-6-9-18-16-14-8-7-13(10-15(14)19-17(16)21)20(5)12(4)11(2)3/h7-8,10-12,16,18H,6,9H2,1-5H3,(H,19,21). The lowest BCUT2D eigenvalue weighted by atomic mass is 10.0. The zero-order valence-electron chi connectivity index (χ0n) is 13.7. The van der Waals surface area contributed by atoms with Gasteiger partial charge in [-0.15, -0.1) is 0 Å². The number of fused-ring (bicyclic) bond motifs is 1. The predicted octanol–water partition coefficient (Wildman–Crippen LogP) is 3.16. The third-order valence-corrected chi connectivity index (χ3v) is 4.45. The zero-order valence-corrected chi connectivity index (χ0v) is 13.7. The number of nitrogens with zero attached hydrogens (tertiary/aromatic N) is 1. The van der Waals surface area contributed by atoms with Crippen LogP contribution in [0.1, 0.15) is 45.7 Å². The molecule has 1 aromatic rings. The summed E-state index contributed by atoms with van der Waals surface area (Å²) in [5, 5.41) is 6.29. The fourth-order valence-corrected chi connectivity index (χ4v) is 2.64. The van der Waals surface area contributed by atoms with Crippen molar-refractivity contribution in [3.05, 3.63) is 23.8 Å². The molecule has 116 valence electrons. The maximum atomic E-state index is 12.1. The van der Waals surface area contributed by atoms with E-state index in [2.05, 4.69) is 68.5 Å². The molecule has 0 fully saturated rings. The molecule has 0 aromatic heterocycles. The third-order valence-electron chi connectivity index (χ3n) is 4.45. The monoisotopic (exact) mass is 289 g/mol. The van der Waals surface area contributed by atoms with E-state index in [0.29, 0.717) is 12.0 Å². The summed E-state index contributed by atoms with van der Waals surface area (Å²) < 4.78 is 0. The molecular weight excluding hydrogens is 262 g/mol. The first-order valence-electron chi connectivity index (χ1n) is 7.86. The Balaban J connectivity index is 2.21. The maximum absolute atomic E-state index is 12.1. The topological polar surface area (TPSA) is 44.4 Å². The molecule has 0 saturated heterocycles. The van der Waals surface area contributed by atoms with Crippen molar-refractivity contribution in [1.82, 2.24) is 5.32 Å². The van der Waals surface area contributed by atoms with E-state index in [1.807, 2.05) is 0 Å². The van der Waals surface area contributed by atoms with Crippen LogP contribution in [0.5, 0.6) is 0 Å². The highest BCUT2D eigenvalue weighted by Crippen LogP contribution is 2.34. The van der Waals surface area contributed by atoms with Crippen LogP contribution in [-0.4, -0.2) is 25.5 Å². The van der Waals surface area contributed by atoms with E-state index in [9.17, 15) is 4.79 Å². The Kier molecular flexibility index (Phi) is 4.88. The summed E-state index contributed by atoms with van der Waals surface area (Å²) in [7, 11) is 2.11. The van der Waals surface area contributed by atoms with Crippen molar-refractivity contribution >= 4 is 17.3 Å². The summed E-state index contributed by atoms with van der Waals surface area (Å²) in [5.74, 6) is 0.631. The van der Waals surface area contributed by atoms with Gasteiger partial charge in [-0.05, 0) is 37.9 Å². The number of carbonyl (C=O) groups is 1. The zero-order chi connectivity index (χ0) is 15.6. The van der Waals surface area contributed by atoms with Crippen LogP contribution in [0.4, 0.5) is 11.4 Å². The molecule has 1 aromatic carbocycles. The third kappa shape index (κ3) is 3.21. The average Bonchev–Trinajstić information content (AvgIpc) is 2.77. The molecule has 0 saturated carbocycles. The quantitative estimate of drug-likeness (QED) is 0.845. The molecule has 4 heteroatoms. The number of anilines is 2. The van der Waals surface area contributed by atoms with Crippen molar-refractivity contribution in [3.63, 3.8) is 0 Å². The molecule has 1 aliphatic rings. The molecule has 2 unspecified atom stereocenters. The van der Waals surface area contributed by atoms with Crippen LogP contribution in [0.3, 0.4) is 0 Å². The maximum Gasteiger partial charge on any atom is 0.246 e. The summed E-state index contributed by atoms with van der Waals surface area (Å²) in [6, 6.07) is 6.51. The molecule has 0 spiro atoms. The average molecular weight is 289 g/mol. The van der Waals surface area contributed by atoms with Gasteiger partial charge in [0.25, 0.3) is 0 Å².